The van der Waals surface area contributed by atoms with Crippen LogP contribution >= 0.6 is 0 Å². The molecule has 0 amide bonds. The average Bonchev–Trinajstić information content (AvgIpc) is 2.54. The molecule has 1 aromatic rings. The third-order valence-corrected chi connectivity index (χ3v) is 2.53. The average molecular weight is 220 g/mol. The summed E-state index contributed by atoms with van der Waals surface area (Å²) >= 11 is 0. The maximum absolute atomic E-state index is 11.3. The fourth-order valence-electron chi connectivity index (χ4n) is 1.45. The molecule has 4 heteroatoms. The molecular weight excluding hydrogens is 208 g/mol. The van der Waals surface area contributed by atoms with Gasteiger partial charge in [-0.1, -0.05) is 6.92 Å². The van der Waals surface area contributed by atoms with Crippen LogP contribution in [-0.4, -0.2) is 18.0 Å². The number of cyclic esters (lactones) is 2. The molecule has 0 aromatic heterocycles. The zero-order valence-electron chi connectivity index (χ0n) is 9.15. The summed E-state index contributed by atoms with van der Waals surface area (Å²) in [6.45, 7) is 3.95. The van der Waals surface area contributed by atoms with E-state index in [1.165, 1.54) is 0 Å². The Balaban J connectivity index is 2.30. The molecule has 0 fully saturated rings. The Kier molecular flexibility index (Phi) is 2.64. The third-order valence-electron chi connectivity index (χ3n) is 2.53. The summed E-state index contributed by atoms with van der Waals surface area (Å²) in [6, 6.07) is 4.78. The van der Waals surface area contributed by atoms with Crippen molar-refractivity contribution in [3.05, 3.63) is 29.3 Å². The van der Waals surface area contributed by atoms with Gasteiger partial charge in [0.15, 0.2) is 0 Å². The summed E-state index contributed by atoms with van der Waals surface area (Å²) in [7, 11) is 0. The zero-order chi connectivity index (χ0) is 11.7. The molecule has 1 aliphatic rings. The summed E-state index contributed by atoms with van der Waals surface area (Å²) in [5.74, 6) is -0.607. The summed E-state index contributed by atoms with van der Waals surface area (Å²) in [6.07, 6.45) is 0.951. The van der Waals surface area contributed by atoms with Crippen LogP contribution in [0.4, 0.5) is 0 Å². The normalized spacial score (nSPS) is 15.6. The van der Waals surface area contributed by atoms with E-state index in [4.69, 9.17) is 4.74 Å². The van der Waals surface area contributed by atoms with E-state index in [0.29, 0.717) is 11.3 Å². The van der Waals surface area contributed by atoms with Crippen LogP contribution < -0.4 is 4.74 Å². The molecule has 0 saturated heterocycles. The van der Waals surface area contributed by atoms with Crippen LogP contribution in [0.2, 0.25) is 0 Å². The van der Waals surface area contributed by atoms with Gasteiger partial charge in [-0.15, -0.1) is 0 Å². The van der Waals surface area contributed by atoms with Gasteiger partial charge in [-0.25, -0.2) is 9.59 Å². The monoisotopic (exact) mass is 220 g/mol. The number of ether oxygens (including phenoxy) is 2. The first-order chi connectivity index (χ1) is 7.61. The van der Waals surface area contributed by atoms with E-state index in [1.54, 1.807) is 18.2 Å². The van der Waals surface area contributed by atoms with Gasteiger partial charge in [-0.2, -0.15) is 0 Å². The highest BCUT2D eigenvalue weighted by atomic mass is 16.6. The summed E-state index contributed by atoms with van der Waals surface area (Å²) in [4.78, 5) is 22.5. The minimum absolute atomic E-state index is 0.0752. The molecule has 0 bridgehead atoms. The van der Waals surface area contributed by atoms with Gasteiger partial charge >= 0.3 is 11.9 Å². The fraction of sp³-hybridized carbons (Fsp3) is 0.333. The quantitative estimate of drug-likeness (QED) is 0.578. The lowest BCUT2D eigenvalue weighted by molar-refractivity contribution is 0.0443. The molecule has 1 aliphatic heterocycles. The van der Waals surface area contributed by atoms with E-state index in [9.17, 15) is 9.59 Å². The van der Waals surface area contributed by atoms with Crippen LogP contribution in [0, 0.1) is 0 Å². The van der Waals surface area contributed by atoms with Gasteiger partial charge in [0.25, 0.3) is 0 Å². The van der Waals surface area contributed by atoms with E-state index in [1.807, 2.05) is 13.8 Å². The number of hydrogen-bond acceptors (Lipinski definition) is 4. The van der Waals surface area contributed by atoms with Gasteiger partial charge < -0.3 is 9.47 Å². The number of carbonyl (C=O) groups is 2. The SMILES string of the molecule is CCC(C)Oc1ccc2c(c1)C(=O)OC2=O. The molecule has 1 unspecified atom stereocenters. The number of benzene rings is 1. The molecule has 0 saturated carbocycles. The highest BCUT2D eigenvalue weighted by Crippen LogP contribution is 2.25. The minimum Gasteiger partial charge on any atom is -0.491 e. The number of esters is 2. The summed E-state index contributed by atoms with van der Waals surface area (Å²) < 4.78 is 10.0. The lowest BCUT2D eigenvalue weighted by Crippen LogP contribution is -2.10. The number of rotatable bonds is 3. The first-order valence-corrected chi connectivity index (χ1v) is 5.19. The molecule has 0 spiro atoms. The highest BCUT2D eigenvalue weighted by molar-refractivity contribution is 6.14. The number of fused-ring (bicyclic) bond motifs is 1. The molecule has 1 heterocycles. The van der Waals surface area contributed by atoms with Crippen LogP contribution in [0.25, 0.3) is 0 Å². The second-order valence-corrected chi connectivity index (χ2v) is 3.72. The second-order valence-electron chi connectivity index (χ2n) is 3.72. The van der Waals surface area contributed by atoms with Crippen molar-refractivity contribution in [3.8, 4) is 5.75 Å². The second kappa shape index (κ2) is 3.96. The van der Waals surface area contributed by atoms with Crippen molar-refractivity contribution in [3.63, 3.8) is 0 Å². The summed E-state index contributed by atoms with van der Waals surface area (Å²) in [5.41, 5.74) is 0.590. The number of carbonyl (C=O) groups excluding carboxylic acids is 2. The largest absolute Gasteiger partial charge is 0.491 e. The Labute approximate surface area is 93.2 Å². The van der Waals surface area contributed by atoms with E-state index < -0.39 is 11.9 Å². The number of hydrogen-bond donors (Lipinski definition) is 0. The van der Waals surface area contributed by atoms with Crippen molar-refractivity contribution < 1.29 is 19.1 Å². The Hall–Kier alpha value is -1.84. The van der Waals surface area contributed by atoms with E-state index >= 15 is 0 Å². The van der Waals surface area contributed by atoms with Crippen LogP contribution in [0.5, 0.6) is 5.75 Å². The van der Waals surface area contributed by atoms with Gasteiger partial charge in [-0.3, -0.25) is 0 Å². The maximum atomic E-state index is 11.3. The first-order valence-electron chi connectivity index (χ1n) is 5.19. The fourth-order valence-corrected chi connectivity index (χ4v) is 1.45. The van der Waals surface area contributed by atoms with E-state index in [-0.39, 0.29) is 11.7 Å². The van der Waals surface area contributed by atoms with Crippen molar-refractivity contribution in [1.29, 1.82) is 0 Å². The Morgan fingerprint density at radius 2 is 1.94 bits per heavy atom. The van der Waals surface area contributed by atoms with Crippen molar-refractivity contribution >= 4 is 11.9 Å². The summed E-state index contributed by atoms with van der Waals surface area (Å²) in [5, 5.41) is 0. The predicted octanol–water partition coefficient (Wildman–Crippen LogP) is 2.17. The smallest absolute Gasteiger partial charge is 0.347 e. The van der Waals surface area contributed by atoms with Gasteiger partial charge in [0.05, 0.1) is 17.2 Å². The van der Waals surface area contributed by atoms with Crippen molar-refractivity contribution in [2.45, 2.75) is 26.4 Å². The molecule has 4 nitrogen and oxygen atoms in total. The van der Waals surface area contributed by atoms with Crippen LogP contribution in [0.3, 0.4) is 0 Å². The van der Waals surface area contributed by atoms with Crippen LogP contribution in [0.1, 0.15) is 41.0 Å². The molecule has 1 aromatic carbocycles. The molecule has 0 radical (unpaired) electrons. The van der Waals surface area contributed by atoms with E-state index in [0.717, 1.165) is 6.42 Å². The molecule has 2 rings (SSSR count). The predicted molar refractivity (Wildman–Crippen MR) is 56.6 cm³/mol. The molecule has 84 valence electrons. The van der Waals surface area contributed by atoms with Crippen molar-refractivity contribution in [1.82, 2.24) is 0 Å². The van der Waals surface area contributed by atoms with Crippen LogP contribution in [0.15, 0.2) is 18.2 Å². The molecule has 1 atom stereocenters. The van der Waals surface area contributed by atoms with Gasteiger partial charge in [0.1, 0.15) is 5.75 Å². The molecular formula is C12H12O4. The first kappa shape index (κ1) is 10.7. The van der Waals surface area contributed by atoms with Gasteiger partial charge in [0, 0.05) is 0 Å². The zero-order valence-corrected chi connectivity index (χ0v) is 9.15. The van der Waals surface area contributed by atoms with Crippen LogP contribution in [-0.2, 0) is 4.74 Å². The highest BCUT2D eigenvalue weighted by Gasteiger charge is 2.29. The molecule has 16 heavy (non-hydrogen) atoms. The Morgan fingerprint density at radius 3 is 2.62 bits per heavy atom. The van der Waals surface area contributed by atoms with E-state index in [2.05, 4.69) is 4.74 Å². The lowest BCUT2D eigenvalue weighted by atomic mass is 10.1. The van der Waals surface area contributed by atoms with Gasteiger partial charge in [-0.05, 0) is 31.5 Å². The van der Waals surface area contributed by atoms with Crippen molar-refractivity contribution in [2.75, 3.05) is 0 Å². The third kappa shape index (κ3) is 1.78. The maximum Gasteiger partial charge on any atom is 0.347 e. The topological polar surface area (TPSA) is 52.6 Å². The standard InChI is InChI=1S/C12H12O4/c1-3-7(2)15-8-4-5-9-10(6-8)12(14)16-11(9)13/h4-7H,3H2,1-2H3. The Morgan fingerprint density at radius 1 is 1.25 bits per heavy atom. The van der Waals surface area contributed by atoms with Gasteiger partial charge in [0.2, 0.25) is 0 Å². The molecule has 0 aliphatic carbocycles. The lowest BCUT2D eigenvalue weighted by Gasteiger charge is -2.12. The molecule has 0 N–H and O–H groups in total. The Bertz CT molecular complexity index is 450. The minimum atomic E-state index is -0.602. The van der Waals surface area contributed by atoms with Crippen molar-refractivity contribution in [2.24, 2.45) is 0 Å².